The van der Waals surface area contributed by atoms with Crippen LogP contribution in [0.25, 0.3) is 0 Å². The molecule has 1 aliphatic heterocycles. The third-order valence-corrected chi connectivity index (χ3v) is 3.02. The molecular weight excluding hydrogens is 260 g/mol. The predicted molar refractivity (Wildman–Crippen MR) is 77.4 cm³/mol. The van der Waals surface area contributed by atoms with Gasteiger partial charge in [0.2, 0.25) is 17.8 Å². The average Bonchev–Trinajstić information content (AvgIpc) is 2.48. The zero-order valence-corrected chi connectivity index (χ0v) is 12.0. The van der Waals surface area contributed by atoms with Crippen LogP contribution in [0.4, 0.5) is 17.8 Å². The number of ether oxygens (including phenoxy) is 1. The minimum atomic E-state index is 0.0611. The summed E-state index contributed by atoms with van der Waals surface area (Å²) in [6.07, 6.45) is 0. The molecule has 1 aromatic heterocycles. The fourth-order valence-electron chi connectivity index (χ4n) is 1.92. The van der Waals surface area contributed by atoms with Gasteiger partial charge in [-0.15, -0.1) is 0 Å². The number of aliphatic hydroxyl groups excluding tert-OH is 1. The van der Waals surface area contributed by atoms with Crippen LogP contribution in [0.15, 0.2) is 0 Å². The van der Waals surface area contributed by atoms with Gasteiger partial charge in [0.15, 0.2) is 0 Å². The van der Waals surface area contributed by atoms with Crippen LogP contribution in [0.2, 0.25) is 0 Å². The Morgan fingerprint density at radius 1 is 1.30 bits per heavy atom. The van der Waals surface area contributed by atoms with Gasteiger partial charge < -0.3 is 25.0 Å². The Bertz CT molecular complexity index is 424. The smallest absolute Gasteiger partial charge is 0.232 e. The van der Waals surface area contributed by atoms with E-state index in [4.69, 9.17) is 9.84 Å². The van der Waals surface area contributed by atoms with E-state index < -0.39 is 0 Å². The first-order chi connectivity index (χ1) is 9.74. The molecule has 1 fully saturated rings. The maximum atomic E-state index is 9.03. The van der Waals surface area contributed by atoms with Crippen molar-refractivity contribution in [2.45, 2.75) is 6.92 Å². The van der Waals surface area contributed by atoms with Crippen LogP contribution in [0, 0.1) is 0 Å². The van der Waals surface area contributed by atoms with Gasteiger partial charge in [-0.1, -0.05) is 0 Å². The van der Waals surface area contributed by atoms with Crippen molar-refractivity contribution in [1.82, 2.24) is 15.0 Å². The minimum Gasteiger partial charge on any atom is -0.395 e. The number of nitrogens with zero attached hydrogens (tertiary/aromatic N) is 5. The highest BCUT2D eigenvalue weighted by Crippen LogP contribution is 2.16. The number of nitrogens with one attached hydrogen (secondary N) is 1. The van der Waals surface area contributed by atoms with Gasteiger partial charge in [-0.25, -0.2) is 0 Å². The normalized spacial score (nSPS) is 15.2. The minimum absolute atomic E-state index is 0.0611. The predicted octanol–water partition coefficient (Wildman–Crippen LogP) is -0.431. The zero-order valence-electron chi connectivity index (χ0n) is 12.0. The third kappa shape index (κ3) is 3.67. The van der Waals surface area contributed by atoms with E-state index in [1.165, 1.54) is 0 Å². The van der Waals surface area contributed by atoms with Crippen molar-refractivity contribution >= 4 is 17.8 Å². The maximum absolute atomic E-state index is 9.03. The summed E-state index contributed by atoms with van der Waals surface area (Å²) in [6.45, 7) is 6.21. The van der Waals surface area contributed by atoms with Crippen molar-refractivity contribution in [1.29, 1.82) is 0 Å². The van der Waals surface area contributed by atoms with E-state index in [9.17, 15) is 0 Å². The molecule has 1 aromatic rings. The molecule has 0 unspecified atom stereocenters. The van der Waals surface area contributed by atoms with Crippen molar-refractivity contribution in [2.24, 2.45) is 0 Å². The Balaban J connectivity index is 2.24. The molecule has 20 heavy (non-hydrogen) atoms. The van der Waals surface area contributed by atoms with Gasteiger partial charge in [0, 0.05) is 33.2 Å². The van der Waals surface area contributed by atoms with Crippen LogP contribution < -0.4 is 15.1 Å². The average molecular weight is 282 g/mol. The summed E-state index contributed by atoms with van der Waals surface area (Å²) < 4.78 is 5.34. The van der Waals surface area contributed by atoms with Crippen molar-refractivity contribution in [3.8, 4) is 0 Å². The monoisotopic (exact) mass is 282 g/mol. The van der Waals surface area contributed by atoms with Gasteiger partial charge in [-0.05, 0) is 6.92 Å². The molecule has 112 valence electrons. The second kappa shape index (κ2) is 7.20. The molecule has 2 heterocycles. The molecule has 2 N–H and O–H groups in total. The molecule has 0 saturated carbocycles. The van der Waals surface area contributed by atoms with Crippen molar-refractivity contribution in [3.05, 3.63) is 0 Å². The summed E-state index contributed by atoms with van der Waals surface area (Å²) >= 11 is 0. The fourth-order valence-corrected chi connectivity index (χ4v) is 1.92. The molecule has 0 amide bonds. The van der Waals surface area contributed by atoms with Gasteiger partial charge in [0.1, 0.15) is 0 Å². The van der Waals surface area contributed by atoms with E-state index in [0.29, 0.717) is 37.6 Å². The summed E-state index contributed by atoms with van der Waals surface area (Å²) in [6, 6.07) is 0. The highest BCUT2D eigenvalue weighted by Gasteiger charge is 2.17. The largest absolute Gasteiger partial charge is 0.395 e. The molecule has 8 heteroatoms. The highest BCUT2D eigenvalue weighted by atomic mass is 16.5. The van der Waals surface area contributed by atoms with E-state index in [0.717, 1.165) is 19.6 Å². The van der Waals surface area contributed by atoms with E-state index in [1.54, 1.807) is 0 Å². The quantitative estimate of drug-likeness (QED) is 0.727. The lowest BCUT2D eigenvalue weighted by molar-refractivity contribution is 0.122. The Morgan fingerprint density at radius 3 is 2.70 bits per heavy atom. The summed E-state index contributed by atoms with van der Waals surface area (Å²) in [5.41, 5.74) is 0. The van der Waals surface area contributed by atoms with Crippen LogP contribution in [-0.2, 0) is 4.74 Å². The van der Waals surface area contributed by atoms with Crippen LogP contribution >= 0.6 is 0 Å². The molecule has 0 aliphatic carbocycles. The topological polar surface area (TPSA) is 86.6 Å². The number of aromatic nitrogens is 3. The lowest BCUT2D eigenvalue weighted by atomic mass is 10.4. The van der Waals surface area contributed by atoms with Crippen molar-refractivity contribution in [3.63, 3.8) is 0 Å². The fraction of sp³-hybridized carbons (Fsp3) is 0.750. The Morgan fingerprint density at radius 2 is 2.05 bits per heavy atom. The number of morpholine rings is 1. The first kappa shape index (κ1) is 14.7. The summed E-state index contributed by atoms with van der Waals surface area (Å²) in [5, 5.41) is 12.1. The molecule has 0 radical (unpaired) electrons. The van der Waals surface area contributed by atoms with Crippen LogP contribution in [0.1, 0.15) is 6.92 Å². The summed E-state index contributed by atoms with van der Waals surface area (Å²) in [4.78, 5) is 17.2. The lowest BCUT2D eigenvalue weighted by Gasteiger charge is -2.27. The van der Waals surface area contributed by atoms with Crippen LogP contribution in [-0.4, -0.2) is 73.1 Å². The number of aliphatic hydroxyl groups is 1. The molecule has 0 bridgehead atoms. The molecular formula is C12H22N6O2. The van der Waals surface area contributed by atoms with Crippen LogP contribution in [0.5, 0.6) is 0 Å². The molecule has 0 spiro atoms. The van der Waals surface area contributed by atoms with E-state index >= 15 is 0 Å². The Kier molecular flexibility index (Phi) is 5.31. The van der Waals surface area contributed by atoms with E-state index in [-0.39, 0.29) is 6.61 Å². The zero-order chi connectivity index (χ0) is 14.4. The van der Waals surface area contributed by atoms with Crippen molar-refractivity contribution < 1.29 is 9.84 Å². The molecule has 0 atom stereocenters. The van der Waals surface area contributed by atoms with Crippen LogP contribution in [0.3, 0.4) is 0 Å². The molecule has 0 aromatic carbocycles. The highest BCUT2D eigenvalue weighted by molar-refractivity contribution is 5.45. The molecule has 1 saturated heterocycles. The number of rotatable bonds is 6. The number of hydrogen-bond acceptors (Lipinski definition) is 8. The van der Waals surface area contributed by atoms with Gasteiger partial charge in [-0.3, -0.25) is 0 Å². The summed E-state index contributed by atoms with van der Waals surface area (Å²) in [5.74, 6) is 1.77. The Hall–Kier alpha value is -1.67. The van der Waals surface area contributed by atoms with Crippen molar-refractivity contribution in [2.75, 3.05) is 68.2 Å². The maximum Gasteiger partial charge on any atom is 0.232 e. The van der Waals surface area contributed by atoms with E-state index in [2.05, 4.69) is 25.2 Å². The number of anilines is 3. The first-order valence-electron chi connectivity index (χ1n) is 6.89. The standard InChI is InChI=1S/C12H22N6O2/c1-3-13-10-14-11(17(2)4-7-19)16-12(15-10)18-5-8-20-9-6-18/h19H,3-9H2,1-2H3,(H,13,14,15,16). The third-order valence-electron chi connectivity index (χ3n) is 3.02. The second-order valence-corrected chi connectivity index (χ2v) is 4.53. The first-order valence-corrected chi connectivity index (χ1v) is 6.89. The van der Waals surface area contributed by atoms with Gasteiger partial charge in [0.05, 0.1) is 19.8 Å². The van der Waals surface area contributed by atoms with Gasteiger partial charge in [0.25, 0.3) is 0 Å². The van der Waals surface area contributed by atoms with Gasteiger partial charge >= 0.3 is 0 Å². The summed E-state index contributed by atoms with van der Waals surface area (Å²) in [7, 11) is 1.85. The Labute approximate surface area is 118 Å². The van der Waals surface area contributed by atoms with Gasteiger partial charge in [-0.2, -0.15) is 15.0 Å². The number of hydrogen-bond donors (Lipinski definition) is 2. The molecule has 8 nitrogen and oxygen atoms in total. The number of likely N-dealkylation sites (N-methyl/N-ethyl adjacent to an activating group) is 1. The molecule has 1 aliphatic rings. The molecule has 2 rings (SSSR count). The second-order valence-electron chi connectivity index (χ2n) is 4.53. The SMILES string of the molecule is CCNc1nc(N(C)CCO)nc(N2CCOCC2)n1. The lowest BCUT2D eigenvalue weighted by Crippen LogP contribution is -2.38. The van der Waals surface area contributed by atoms with E-state index in [1.807, 2.05) is 18.9 Å².